The number of ether oxygens (including phenoxy) is 1. The van der Waals surface area contributed by atoms with E-state index < -0.39 is 30.6 Å². The minimum Gasteiger partial charge on any atom is -0.394 e. The molecule has 4 N–H and O–H groups in total. The van der Waals surface area contributed by atoms with Gasteiger partial charge < -0.3 is 25.6 Å². The molecule has 0 radical (unpaired) electrons. The number of urea groups is 1. The smallest absolute Gasteiger partial charge is 0.325 e. The van der Waals surface area contributed by atoms with Gasteiger partial charge in [0, 0.05) is 19.5 Å². The van der Waals surface area contributed by atoms with E-state index >= 15 is 0 Å². The van der Waals surface area contributed by atoms with Crippen molar-refractivity contribution in [2.75, 3.05) is 6.61 Å². The van der Waals surface area contributed by atoms with Crippen LogP contribution < -0.4 is 10.6 Å². The fourth-order valence-corrected chi connectivity index (χ4v) is 2.08. The predicted molar refractivity (Wildman–Crippen MR) is 63.5 cm³/mol. The van der Waals surface area contributed by atoms with Crippen LogP contribution >= 0.6 is 0 Å². The average molecular weight is 271 g/mol. The quantitative estimate of drug-likeness (QED) is 0.497. The zero-order valence-electron chi connectivity index (χ0n) is 10.4. The Morgan fingerprint density at radius 1 is 1.68 bits per heavy atom. The molecule has 3 amide bonds. The van der Waals surface area contributed by atoms with Crippen LogP contribution in [0.15, 0.2) is 12.3 Å². The first-order valence-corrected chi connectivity index (χ1v) is 6.00. The van der Waals surface area contributed by atoms with Gasteiger partial charge in [-0.25, -0.2) is 4.79 Å². The maximum Gasteiger partial charge on any atom is 0.325 e. The Bertz CT molecular complexity index is 400. The van der Waals surface area contributed by atoms with Crippen LogP contribution in [0.1, 0.15) is 13.3 Å². The first-order valence-electron chi connectivity index (χ1n) is 6.00. The number of nitrogens with one attached hydrogen (secondary N) is 2. The molecule has 0 spiro atoms. The van der Waals surface area contributed by atoms with Crippen LogP contribution in [0.5, 0.6) is 0 Å². The van der Waals surface area contributed by atoms with E-state index in [2.05, 4.69) is 10.6 Å². The van der Waals surface area contributed by atoms with Crippen LogP contribution in [-0.4, -0.2) is 58.3 Å². The SMILES string of the molecule is CC(=O)NC1C=CN([C@H]2C[C@H](O)[C@@H](CO)O2)C(=O)N1. The third kappa shape index (κ3) is 3.03. The summed E-state index contributed by atoms with van der Waals surface area (Å²) in [6.07, 6.45) is 0.668. The van der Waals surface area contributed by atoms with Crippen LogP contribution in [-0.2, 0) is 9.53 Å². The van der Waals surface area contributed by atoms with Crippen LogP contribution in [0.2, 0.25) is 0 Å². The number of carbonyl (C=O) groups excluding carboxylic acids is 2. The van der Waals surface area contributed by atoms with Gasteiger partial charge >= 0.3 is 6.03 Å². The molecular formula is C11H17N3O5. The van der Waals surface area contributed by atoms with Crippen molar-refractivity contribution in [2.24, 2.45) is 0 Å². The van der Waals surface area contributed by atoms with E-state index in [4.69, 9.17) is 9.84 Å². The molecule has 8 nitrogen and oxygen atoms in total. The van der Waals surface area contributed by atoms with Gasteiger partial charge in [-0.05, 0) is 6.08 Å². The zero-order valence-corrected chi connectivity index (χ0v) is 10.4. The van der Waals surface area contributed by atoms with Crippen LogP contribution in [0.25, 0.3) is 0 Å². The number of nitrogens with zero attached hydrogens (tertiary/aromatic N) is 1. The van der Waals surface area contributed by atoms with Gasteiger partial charge in [0.2, 0.25) is 5.91 Å². The molecule has 0 aromatic carbocycles. The van der Waals surface area contributed by atoms with Crippen molar-refractivity contribution < 1.29 is 24.5 Å². The standard InChI is InChI=1S/C11H17N3O5/c1-6(16)12-9-2-3-14(11(18)13-9)10-4-7(17)8(5-15)19-10/h2-3,7-10,15,17H,4-5H2,1H3,(H,12,16)(H,13,18)/t7-,8+,9?,10+/m0/s1. The van der Waals surface area contributed by atoms with E-state index in [9.17, 15) is 14.7 Å². The Morgan fingerprint density at radius 3 is 2.95 bits per heavy atom. The van der Waals surface area contributed by atoms with Gasteiger partial charge in [-0.2, -0.15) is 0 Å². The molecule has 1 unspecified atom stereocenters. The molecule has 8 heteroatoms. The number of carbonyl (C=O) groups is 2. The van der Waals surface area contributed by atoms with E-state index in [-0.39, 0.29) is 18.9 Å². The molecule has 2 aliphatic heterocycles. The summed E-state index contributed by atoms with van der Waals surface area (Å²) in [5.74, 6) is -0.253. The first-order chi connectivity index (χ1) is 9.01. The summed E-state index contributed by atoms with van der Waals surface area (Å²) in [5, 5.41) is 23.7. The van der Waals surface area contributed by atoms with Gasteiger partial charge in [0.05, 0.1) is 12.7 Å². The summed E-state index contributed by atoms with van der Waals surface area (Å²) in [7, 11) is 0. The Balaban J connectivity index is 1.99. The molecule has 0 aromatic heterocycles. The van der Waals surface area contributed by atoms with Crippen molar-refractivity contribution >= 4 is 11.9 Å². The normalized spacial score (nSPS) is 34.3. The number of amides is 3. The predicted octanol–water partition coefficient (Wildman–Crippen LogP) is -1.54. The molecule has 2 aliphatic rings. The third-order valence-electron chi connectivity index (χ3n) is 3.01. The molecule has 106 valence electrons. The van der Waals surface area contributed by atoms with Crippen molar-refractivity contribution in [3.63, 3.8) is 0 Å². The van der Waals surface area contributed by atoms with Crippen LogP contribution in [0, 0.1) is 0 Å². The van der Waals surface area contributed by atoms with E-state index in [0.29, 0.717) is 0 Å². The summed E-state index contributed by atoms with van der Waals surface area (Å²) in [5.41, 5.74) is 0. The number of rotatable bonds is 3. The number of aliphatic hydroxyl groups is 2. The van der Waals surface area contributed by atoms with Crippen LogP contribution in [0.4, 0.5) is 4.79 Å². The molecule has 0 saturated carbocycles. The topological polar surface area (TPSA) is 111 Å². The van der Waals surface area contributed by atoms with E-state index in [0.717, 1.165) is 0 Å². The third-order valence-corrected chi connectivity index (χ3v) is 3.01. The Kier molecular flexibility index (Phi) is 4.03. The van der Waals surface area contributed by atoms with Gasteiger partial charge in [0.15, 0.2) is 0 Å². The van der Waals surface area contributed by atoms with Crippen molar-refractivity contribution in [1.82, 2.24) is 15.5 Å². The summed E-state index contributed by atoms with van der Waals surface area (Å²) >= 11 is 0. The molecule has 2 rings (SSSR count). The highest BCUT2D eigenvalue weighted by Crippen LogP contribution is 2.24. The van der Waals surface area contributed by atoms with Crippen molar-refractivity contribution in [1.29, 1.82) is 0 Å². The Labute approximate surface area is 110 Å². The van der Waals surface area contributed by atoms with Crippen molar-refractivity contribution in [3.8, 4) is 0 Å². The second kappa shape index (κ2) is 5.55. The average Bonchev–Trinajstić information content (AvgIpc) is 2.69. The highest BCUT2D eigenvalue weighted by atomic mass is 16.5. The number of hydrogen-bond acceptors (Lipinski definition) is 5. The maximum atomic E-state index is 11.9. The fraction of sp³-hybridized carbons (Fsp3) is 0.636. The van der Waals surface area contributed by atoms with Crippen molar-refractivity contribution in [2.45, 2.75) is 37.9 Å². The fourth-order valence-electron chi connectivity index (χ4n) is 2.08. The molecule has 0 aliphatic carbocycles. The Morgan fingerprint density at radius 2 is 2.42 bits per heavy atom. The zero-order chi connectivity index (χ0) is 14.0. The van der Waals surface area contributed by atoms with Gasteiger partial charge in [0.1, 0.15) is 18.5 Å². The van der Waals surface area contributed by atoms with Crippen LogP contribution in [0.3, 0.4) is 0 Å². The molecule has 0 aromatic rings. The lowest BCUT2D eigenvalue weighted by atomic mass is 10.2. The second-order valence-corrected chi connectivity index (χ2v) is 4.49. The van der Waals surface area contributed by atoms with Gasteiger partial charge in [-0.15, -0.1) is 0 Å². The largest absolute Gasteiger partial charge is 0.394 e. The first kappa shape index (κ1) is 13.8. The lowest BCUT2D eigenvalue weighted by Gasteiger charge is -2.31. The summed E-state index contributed by atoms with van der Waals surface area (Å²) in [4.78, 5) is 24.0. The van der Waals surface area contributed by atoms with Gasteiger partial charge in [-0.3, -0.25) is 9.69 Å². The van der Waals surface area contributed by atoms with Gasteiger partial charge in [-0.1, -0.05) is 0 Å². The Hall–Kier alpha value is -1.64. The summed E-state index contributed by atoms with van der Waals surface area (Å²) < 4.78 is 5.38. The second-order valence-electron chi connectivity index (χ2n) is 4.49. The minimum atomic E-state index is -0.802. The van der Waals surface area contributed by atoms with E-state index in [1.54, 1.807) is 6.08 Å². The number of hydrogen-bond donors (Lipinski definition) is 4. The maximum absolute atomic E-state index is 11.9. The summed E-state index contributed by atoms with van der Waals surface area (Å²) in [6, 6.07) is -0.433. The van der Waals surface area contributed by atoms with E-state index in [1.165, 1.54) is 18.0 Å². The highest BCUT2D eigenvalue weighted by Gasteiger charge is 2.39. The molecule has 4 atom stereocenters. The molecule has 19 heavy (non-hydrogen) atoms. The summed E-state index contributed by atoms with van der Waals surface area (Å²) in [6.45, 7) is 1.06. The highest BCUT2D eigenvalue weighted by molar-refractivity contribution is 5.79. The lowest BCUT2D eigenvalue weighted by molar-refractivity contribution is -0.119. The molecular weight excluding hydrogens is 254 g/mol. The monoisotopic (exact) mass is 271 g/mol. The number of aliphatic hydroxyl groups excluding tert-OH is 2. The molecule has 1 saturated heterocycles. The van der Waals surface area contributed by atoms with Gasteiger partial charge in [0.25, 0.3) is 0 Å². The van der Waals surface area contributed by atoms with Crippen molar-refractivity contribution in [3.05, 3.63) is 12.3 Å². The molecule has 2 heterocycles. The molecule has 0 bridgehead atoms. The molecule has 1 fully saturated rings. The lowest BCUT2D eigenvalue weighted by Crippen LogP contribution is -2.55. The minimum absolute atomic E-state index is 0.230. The van der Waals surface area contributed by atoms with E-state index in [1.807, 2.05) is 0 Å².